The highest BCUT2D eigenvalue weighted by atomic mass is 16.3. The molecule has 1 aromatic rings. The molecular weight excluding hydrogens is 202 g/mol. The fourth-order valence-corrected chi connectivity index (χ4v) is 1.53. The Kier molecular flexibility index (Phi) is 6.08. The van der Waals surface area contributed by atoms with E-state index in [1.165, 1.54) is 5.56 Å². The van der Waals surface area contributed by atoms with Crippen LogP contribution in [-0.4, -0.2) is 36.0 Å². The van der Waals surface area contributed by atoms with Gasteiger partial charge in [-0.1, -0.05) is 37.3 Å². The smallest absolute Gasteiger partial charge is 0.0587 e. The monoisotopic (exact) mass is 223 g/mol. The highest BCUT2D eigenvalue weighted by molar-refractivity contribution is 5.15. The molecular formula is C13H21NO2. The van der Waals surface area contributed by atoms with E-state index in [9.17, 15) is 5.11 Å². The quantitative estimate of drug-likeness (QED) is 0.641. The number of nitrogens with one attached hydrogen (secondary N) is 1. The van der Waals surface area contributed by atoms with Crippen LogP contribution in [0.3, 0.4) is 0 Å². The van der Waals surface area contributed by atoms with Crippen molar-refractivity contribution < 1.29 is 10.2 Å². The Bertz CT molecular complexity index is 277. The van der Waals surface area contributed by atoms with Crippen LogP contribution in [0.1, 0.15) is 12.5 Å². The Morgan fingerprint density at radius 2 is 1.81 bits per heavy atom. The lowest BCUT2D eigenvalue weighted by molar-refractivity contribution is 0.208. The third-order valence-electron chi connectivity index (χ3n) is 2.61. The summed E-state index contributed by atoms with van der Waals surface area (Å²) in [6.07, 6.45) is 0.815. The van der Waals surface area contributed by atoms with Gasteiger partial charge in [0.1, 0.15) is 0 Å². The highest BCUT2D eigenvalue weighted by Gasteiger charge is 2.09. The van der Waals surface area contributed by atoms with Crippen molar-refractivity contribution in [3.05, 3.63) is 35.9 Å². The lowest BCUT2D eigenvalue weighted by atomic mass is 10.1. The summed E-state index contributed by atoms with van der Waals surface area (Å²) in [4.78, 5) is 0. The summed E-state index contributed by atoms with van der Waals surface area (Å²) >= 11 is 0. The molecule has 0 aromatic heterocycles. The molecule has 2 atom stereocenters. The molecule has 16 heavy (non-hydrogen) atoms. The van der Waals surface area contributed by atoms with Crippen LogP contribution in [0.5, 0.6) is 0 Å². The van der Waals surface area contributed by atoms with Gasteiger partial charge in [-0.25, -0.2) is 0 Å². The second-order valence-electron chi connectivity index (χ2n) is 4.27. The topological polar surface area (TPSA) is 52.5 Å². The molecule has 90 valence electrons. The summed E-state index contributed by atoms with van der Waals surface area (Å²) in [6.45, 7) is 3.00. The Labute approximate surface area is 97.1 Å². The number of rotatable bonds is 7. The zero-order chi connectivity index (χ0) is 11.8. The van der Waals surface area contributed by atoms with Crippen molar-refractivity contribution in [2.45, 2.75) is 19.4 Å². The first-order chi connectivity index (χ1) is 7.76. The van der Waals surface area contributed by atoms with Gasteiger partial charge in [-0.05, 0) is 17.9 Å². The van der Waals surface area contributed by atoms with Gasteiger partial charge < -0.3 is 15.5 Å². The number of hydrogen-bond donors (Lipinski definition) is 3. The number of aliphatic hydroxyl groups excluding tert-OH is 2. The van der Waals surface area contributed by atoms with Gasteiger partial charge in [-0.2, -0.15) is 0 Å². The summed E-state index contributed by atoms with van der Waals surface area (Å²) in [5, 5.41) is 21.4. The van der Waals surface area contributed by atoms with Gasteiger partial charge in [0, 0.05) is 19.2 Å². The molecule has 1 rings (SSSR count). The van der Waals surface area contributed by atoms with Crippen LogP contribution >= 0.6 is 0 Å². The lowest BCUT2D eigenvalue weighted by Crippen LogP contribution is -2.37. The predicted molar refractivity (Wildman–Crippen MR) is 65.3 cm³/mol. The second kappa shape index (κ2) is 7.39. The maximum Gasteiger partial charge on any atom is 0.0587 e. The first kappa shape index (κ1) is 13.2. The van der Waals surface area contributed by atoms with Crippen LogP contribution in [0, 0.1) is 5.92 Å². The fraction of sp³-hybridized carbons (Fsp3) is 0.538. The Hall–Kier alpha value is -0.900. The van der Waals surface area contributed by atoms with Crippen molar-refractivity contribution in [1.29, 1.82) is 0 Å². The Morgan fingerprint density at radius 1 is 1.12 bits per heavy atom. The van der Waals surface area contributed by atoms with Crippen LogP contribution in [0.2, 0.25) is 0 Å². The zero-order valence-electron chi connectivity index (χ0n) is 9.76. The lowest BCUT2D eigenvalue weighted by Gasteiger charge is -2.18. The Morgan fingerprint density at radius 3 is 2.38 bits per heavy atom. The predicted octanol–water partition coefficient (Wildman–Crippen LogP) is 0.808. The van der Waals surface area contributed by atoms with E-state index in [1.54, 1.807) is 0 Å². The molecule has 1 aromatic carbocycles. The summed E-state index contributed by atoms with van der Waals surface area (Å²) in [6, 6.07) is 10.2. The summed E-state index contributed by atoms with van der Waals surface area (Å²) < 4.78 is 0. The standard InChI is InChI=1S/C13H21NO2/c1-11(9-15)8-14-13(10-16)7-12-5-3-2-4-6-12/h2-6,11,13-16H,7-10H2,1H3. The van der Waals surface area contributed by atoms with Crippen molar-refractivity contribution in [2.75, 3.05) is 19.8 Å². The van der Waals surface area contributed by atoms with Crippen molar-refractivity contribution in [1.82, 2.24) is 5.32 Å². The molecule has 3 heteroatoms. The first-order valence-corrected chi connectivity index (χ1v) is 5.75. The second-order valence-corrected chi connectivity index (χ2v) is 4.27. The average molecular weight is 223 g/mol. The van der Waals surface area contributed by atoms with E-state index in [1.807, 2.05) is 25.1 Å². The largest absolute Gasteiger partial charge is 0.396 e. The van der Waals surface area contributed by atoms with Crippen LogP contribution in [0.25, 0.3) is 0 Å². The van der Waals surface area contributed by atoms with E-state index in [-0.39, 0.29) is 25.2 Å². The van der Waals surface area contributed by atoms with E-state index < -0.39 is 0 Å². The molecule has 0 fully saturated rings. The van der Waals surface area contributed by atoms with Gasteiger partial charge >= 0.3 is 0 Å². The molecule has 0 saturated heterocycles. The molecule has 0 aliphatic carbocycles. The van der Waals surface area contributed by atoms with Crippen LogP contribution in [0.15, 0.2) is 30.3 Å². The zero-order valence-corrected chi connectivity index (χ0v) is 9.76. The molecule has 0 heterocycles. The minimum Gasteiger partial charge on any atom is -0.396 e. The number of hydrogen-bond acceptors (Lipinski definition) is 3. The molecule has 0 saturated carbocycles. The normalized spacial score (nSPS) is 14.7. The van der Waals surface area contributed by atoms with E-state index in [2.05, 4.69) is 17.4 Å². The SMILES string of the molecule is CC(CO)CNC(CO)Cc1ccccc1. The van der Waals surface area contributed by atoms with Crippen LogP contribution in [-0.2, 0) is 6.42 Å². The average Bonchev–Trinajstić information content (AvgIpc) is 2.35. The van der Waals surface area contributed by atoms with E-state index in [0.29, 0.717) is 0 Å². The third kappa shape index (κ3) is 4.75. The molecule has 0 spiro atoms. The number of aliphatic hydroxyl groups is 2. The fourth-order valence-electron chi connectivity index (χ4n) is 1.53. The van der Waals surface area contributed by atoms with Crippen molar-refractivity contribution in [2.24, 2.45) is 5.92 Å². The minimum absolute atomic E-state index is 0.0661. The van der Waals surface area contributed by atoms with Gasteiger partial charge in [0.2, 0.25) is 0 Å². The van der Waals surface area contributed by atoms with E-state index in [4.69, 9.17) is 5.11 Å². The van der Waals surface area contributed by atoms with Gasteiger partial charge in [-0.15, -0.1) is 0 Å². The number of benzene rings is 1. The summed E-state index contributed by atoms with van der Waals surface area (Å²) in [5.41, 5.74) is 1.21. The van der Waals surface area contributed by atoms with Crippen molar-refractivity contribution in [3.8, 4) is 0 Å². The van der Waals surface area contributed by atoms with Crippen molar-refractivity contribution >= 4 is 0 Å². The van der Waals surface area contributed by atoms with Gasteiger partial charge in [-0.3, -0.25) is 0 Å². The molecule has 3 N–H and O–H groups in total. The molecule has 0 aliphatic heterocycles. The molecule has 2 unspecified atom stereocenters. The molecule has 0 bridgehead atoms. The van der Waals surface area contributed by atoms with Gasteiger partial charge in [0.05, 0.1) is 6.61 Å². The molecule has 0 amide bonds. The van der Waals surface area contributed by atoms with E-state index >= 15 is 0 Å². The maximum atomic E-state index is 9.25. The van der Waals surface area contributed by atoms with E-state index in [0.717, 1.165) is 13.0 Å². The summed E-state index contributed by atoms with van der Waals surface area (Å²) in [5.74, 6) is 0.227. The highest BCUT2D eigenvalue weighted by Crippen LogP contribution is 2.03. The van der Waals surface area contributed by atoms with Crippen LogP contribution in [0.4, 0.5) is 0 Å². The molecule has 3 nitrogen and oxygen atoms in total. The minimum atomic E-state index is 0.0661. The molecule has 0 radical (unpaired) electrons. The summed E-state index contributed by atoms with van der Waals surface area (Å²) in [7, 11) is 0. The Balaban J connectivity index is 2.37. The van der Waals surface area contributed by atoms with Gasteiger partial charge in [0.15, 0.2) is 0 Å². The third-order valence-corrected chi connectivity index (χ3v) is 2.61. The molecule has 0 aliphatic rings. The van der Waals surface area contributed by atoms with Crippen LogP contribution < -0.4 is 5.32 Å². The maximum absolute atomic E-state index is 9.25. The van der Waals surface area contributed by atoms with Crippen molar-refractivity contribution in [3.63, 3.8) is 0 Å². The first-order valence-electron chi connectivity index (χ1n) is 5.75. The van der Waals surface area contributed by atoms with Gasteiger partial charge in [0.25, 0.3) is 0 Å².